The summed E-state index contributed by atoms with van der Waals surface area (Å²) in [4.78, 5) is 37.9. The van der Waals surface area contributed by atoms with E-state index in [-0.39, 0.29) is 18.4 Å². The van der Waals surface area contributed by atoms with Crippen LogP contribution in [0.1, 0.15) is 49.1 Å². The summed E-state index contributed by atoms with van der Waals surface area (Å²) in [7, 11) is 0. The molecule has 0 bridgehead atoms. The van der Waals surface area contributed by atoms with E-state index in [4.69, 9.17) is 9.47 Å². The lowest BCUT2D eigenvalue weighted by Gasteiger charge is -2.37. The van der Waals surface area contributed by atoms with E-state index < -0.39 is 29.6 Å². The molecule has 2 aliphatic carbocycles. The number of nitrogens with one attached hydrogen (secondary N) is 2. The Labute approximate surface area is 204 Å². The number of aliphatic carboxylic acids is 1. The maximum absolute atomic E-state index is 13.3. The number of benzene rings is 2. The van der Waals surface area contributed by atoms with E-state index in [9.17, 15) is 19.5 Å². The van der Waals surface area contributed by atoms with Gasteiger partial charge in [0.05, 0.1) is 5.92 Å². The summed E-state index contributed by atoms with van der Waals surface area (Å²) in [6.07, 6.45) is 1.83. The third-order valence-electron chi connectivity index (χ3n) is 7.62. The first-order valence-corrected chi connectivity index (χ1v) is 12.2. The quantitative estimate of drug-likeness (QED) is 0.586. The number of fused-ring (bicyclic) bond motifs is 3. The smallest absolute Gasteiger partial charge is 0.408 e. The van der Waals surface area contributed by atoms with Crippen molar-refractivity contribution in [2.45, 2.75) is 49.6 Å². The number of ether oxygens (including phenoxy) is 2. The van der Waals surface area contributed by atoms with Crippen LogP contribution in [0.5, 0.6) is 0 Å². The lowest BCUT2D eigenvalue weighted by Crippen LogP contribution is -2.63. The van der Waals surface area contributed by atoms with Crippen LogP contribution in [0.4, 0.5) is 4.79 Å². The largest absolute Gasteiger partial charge is 0.481 e. The van der Waals surface area contributed by atoms with Crippen LogP contribution in [0.15, 0.2) is 48.5 Å². The maximum atomic E-state index is 13.3. The van der Waals surface area contributed by atoms with Gasteiger partial charge < -0.3 is 25.2 Å². The van der Waals surface area contributed by atoms with Gasteiger partial charge >= 0.3 is 12.1 Å². The van der Waals surface area contributed by atoms with Gasteiger partial charge in [-0.1, -0.05) is 55.0 Å². The standard InChI is InChI=1S/C27H30N2O6/c30-24(31)21-10-5-11-23(21)28-25(32)27(12-14-34-15-13-27)29-26(33)35-16-22-19-8-3-1-6-17(19)18-7-2-4-9-20(18)22/h1-4,6-9,21-23H,5,10-16H2,(H,28,32)(H,29,33)(H,30,31)/t21-,23+/m0/s1. The zero-order valence-electron chi connectivity index (χ0n) is 19.5. The topological polar surface area (TPSA) is 114 Å². The summed E-state index contributed by atoms with van der Waals surface area (Å²) >= 11 is 0. The van der Waals surface area contributed by atoms with Gasteiger partial charge in [-0.15, -0.1) is 0 Å². The van der Waals surface area contributed by atoms with Gasteiger partial charge in [0.25, 0.3) is 0 Å². The van der Waals surface area contributed by atoms with Gasteiger partial charge in [0, 0.05) is 38.0 Å². The fourth-order valence-corrected chi connectivity index (χ4v) is 5.69. The van der Waals surface area contributed by atoms with Gasteiger partial charge in [-0.25, -0.2) is 4.79 Å². The highest BCUT2D eigenvalue weighted by Gasteiger charge is 2.45. The van der Waals surface area contributed by atoms with Crippen molar-refractivity contribution in [3.8, 4) is 11.1 Å². The zero-order valence-corrected chi connectivity index (χ0v) is 19.5. The van der Waals surface area contributed by atoms with Crippen LogP contribution < -0.4 is 10.6 Å². The number of hydrogen-bond donors (Lipinski definition) is 3. The summed E-state index contributed by atoms with van der Waals surface area (Å²) in [6, 6.07) is 15.8. The van der Waals surface area contributed by atoms with Crippen molar-refractivity contribution in [1.29, 1.82) is 0 Å². The number of carboxylic acid groups (broad SMARTS) is 1. The third-order valence-corrected chi connectivity index (χ3v) is 7.62. The van der Waals surface area contributed by atoms with Gasteiger partial charge in [-0.2, -0.15) is 0 Å². The molecule has 2 fully saturated rings. The minimum absolute atomic E-state index is 0.0811. The van der Waals surface area contributed by atoms with Crippen molar-refractivity contribution < 1.29 is 29.0 Å². The van der Waals surface area contributed by atoms with Crippen molar-refractivity contribution in [3.63, 3.8) is 0 Å². The van der Waals surface area contributed by atoms with Crippen LogP contribution in [0.2, 0.25) is 0 Å². The first-order valence-electron chi connectivity index (χ1n) is 12.2. The van der Waals surface area contributed by atoms with Crippen LogP contribution in [-0.2, 0) is 19.1 Å². The van der Waals surface area contributed by atoms with Crippen molar-refractivity contribution in [2.75, 3.05) is 19.8 Å². The molecule has 2 atom stereocenters. The van der Waals surface area contributed by atoms with Gasteiger partial charge in [0.1, 0.15) is 12.1 Å². The molecule has 1 heterocycles. The normalized spacial score (nSPS) is 22.6. The van der Waals surface area contributed by atoms with Crippen molar-refractivity contribution in [1.82, 2.24) is 10.6 Å². The number of carbonyl (C=O) groups is 3. The molecule has 184 valence electrons. The Balaban J connectivity index is 1.28. The molecule has 1 aliphatic heterocycles. The maximum Gasteiger partial charge on any atom is 0.408 e. The summed E-state index contributed by atoms with van der Waals surface area (Å²) in [5, 5.41) is 15.2. The van der Waals surface area contributed by atoms with E-state index >= 15 is 0 Å². The van der Waals surface area contributed by atoms with E-state index in [0.717, 1.165) is 28.7 Å². The van der Waals surface area contributed by atoms with Crippen molar-refractivity contribution in [2.24, 2.45) is 5.92 Å². The Morgan fingerprint density at radius 1 is 0.971 bits per heavy atom. The molecular formula is C27H30N2O6. The summed E-state index contributed by atoms with van der Waals surface area (Å²) in [6.45, 7) is 0.798. The Morgan fingerprint density at radius 3 is 2.23 bits per heavy atom. The molecule has 0 unspecified atom stereocenters. The fraction of sp³-hybridized carbons (Fsp3) is 0.444. The molecule has 2 aromatic carbocycles. The minimum Gasteiger partial charge on any atom is -0.481 e. The number of rotatable bonds is 6. The molecule has 0 spiro atoms. The molecule has 35 heavy (non-hydrogen) atoms. The fourth-order valence-electron chi connectivity index (χ4n) is 5.69. The van der Waals surface area contributed by atoms with Crippen molar-refractivity contribution >= 4 is 18.0 Å². The number of carbonyl (C=O) groups excluding carboxylic acids is 2. The molecule has 1 saturated heterocycles. The molecule has 0 aromatic heterocycles. The molecule has 8 heteroatoms. The predicted octanol–water partition coefficient (Wildman–Crippen LogP) is 3.44. The second kappa shape index (κ2) is 9.70. The predicted molar refractivity (Wildman–Crippen MR) is 128 cm³/mol. The summed E-state index contributed by atoms with van der Waals surface area (Å²) < 4.78 is 11.1. The lowest BCUT2D eigenvalue weighted by atomic mass is 9.88. The van der Waals surface area contributed by atoms with E-state index in [0.29, 0.717) is 38.9 Å². The molecule has 2 aromatic rings. The first-order chi connectivity index (χ1) is 17.0. The van der Waals surface area contributed by atoms with Gasteiger partial charge in [0.15, 0.2) is 0 Å². The average Bonchev–Trinajstić information content (AvgIpc) is 3.46. The van der Waals surface area contributed by atoms with Crippen LogP contribution in [0.25, 0.3) is 11.1 Å². The lowest BCUT2D eigenvalue weighted by molar-refractivity contribution is -0.143. The van der Waals surface area contributed by atoms with Gasteiger partial charge in [0.2, 0.25) is 5.91 Å². The second-order valence-electron chi connectivity index (χ2n) is 9.60. The van der Waals surface area contributed by atoms with Crippen LogP contribution in [0, 0.1) is 5.92 Å². The molecule has 8 nitrogen and oxygen atoms in total. The molecule has 5 rings (SSSR count). The van der Waals surface area contributed by atoms with Gasteiger partial charge in [-0.05, 0) is 35.1 Å². The summed E-state index contributed by atoms with van der Waals surface area (Å²) in [5.74, 6) is -1.96. The van der Waals surface area contributed by atoms with Crippen molar-refractivity contribution in [3.05, 3.63) is 59.7 Å². The molecule has 1 saturated carbocycles. The van der Waals surface area contributed by atoms with E-state index in [1.807, 2.05) is 24.3 Å². The van der Waals surface area contributed by atoms with Crippen LogP contribution >= 0.6 is 0 Å². The zero-order chi connectivity index (χ0) is 24.4. The highest BCUT2D eigenvalue weighted by molar-refractivity contribution is 5.91. The molecule has 3 aliphatic rings. The second-order valence-corrected chi connectivity index (χ2v) is 9.60. The van der Waals surface area contributed by atoms with Crippen LogP contribution in [0.3, 0.4) is 0 Å². The molecule has 0 radical (unpaired) electrons. The van der Waals surface area contributed by atoms with E-state index in [2.05, 4.69) is 34.9 Å². The highest BCUT2D eigenvalue weighted by atomic mass is 16.5. The number of amides is 2. The molecular weight excluding hydrogens is 448 g/mol. The average molecular weight is 479 g/mol. The molecule has 3 N–H and O–H groups in total. The minimum atomic E-state index is -1.19. The van der Waals surface area contributed by atoms with E-state index in [1.165, 1.54) is 0 Å². The van der Waals surface area contributed by atoms with Gasteiger partial charge in [-0.3, -0.25) is 9.59 Å². The number of carboxylic acids is 1. The Morgan fingerprint density at radius 2 is 1.60 bits per heavy atom. The summed E-state index contributed by atoms with van der Waals surface area (Å²) in [5.41, 5.74) is 3.32. The monoisotopic (exact) mass is 478 g/mol. The first kappa shape index (κ1) is 23.4. The SMILES string of the molecule is O=C(NC1(C(=O)N[C@@H]2CCC[C@@H]2C(=O)O)CCOCC1)OCC1c2ccccc2-c2ccccc21. The Kier molecular flexibility index (Phi) is 6.47. The number of alkyl carbamates (subject to hydrolysis) is 1. The number of hydrogen-bond acceptors (Lipinski definition) is 5. The molecule has 2 amide bonds. The third kappa shape index (κ3) is 4.50. The van der Waals surface area contributed by atoms with Crippen LogP contribution in [-0.4, -0.2) is 54.5 Å². The highest BCUT2D eigenvalue weighted by Crippen LogP contribution is 2.44. The Bertz CT molecular complexity index is 1080. The Hall–Kier alpha value is -3.39. The van der Waals surface area contributed by atoms with E-state index in [1.54, 1.807) is 0 Å².